The smallest absolute Gasteiger partial charge is 0.322 e. The van der Waals surface area contributed by atoms with Crippen LogP contribution in [0.25, 0.3) is 0 Å². The molecular formula is C16H26O5. The molecule has 0 radical (unpaired) electrons. The number of carbonyl (C=O) groups is 2. The monoisotopic (exact) mass is 298 g/mol. The zero-order valence-electron chi connectivity index (χ0n) is 13.7. The summed E-state index contributed by atoms with van der Waals surface area (Å²) >= 11 is 0. The molecule has 2 atom stereocenters. The average Bonchev–Trinajstić information content (AvgIpc) is 2.58. The third kappa shape index (κ3) is 2.73. The Labute approximate surface area is 126 Å². The summed E-state index contributed by atoms with van der Waals surface area (Å²) < 4.78 is 16.8. The molecule has 2 aliphatic heterocycles. The van der Waals surface area contributed by atoms with Gasteiger partial charge in [0.25, 0.3) is 0 Å². The van der Waals surface area contributed by atoms with Crippen LogP contribution in [0, 0.1) is 11.3 Å². The lowest BCUT2D eigenvalue weighted by Crippen LogP contribution is -2.57. The van der Waals surface area contributed by atoms with Crippen molar-refractivity contribution < 1.29 is 23.8 Å². The molecule has 2 heterocycles. The van der Waals surface area contributed by atoms with Crippen LogP contribution in [0.3, 0.4) is 0 Å². The molecule has 0 amide bonds. The van der Waals surface area contributed by atoms with Crippen molar-refractivity contribution in [3.63, 3.8) is 0 Å². The van der Waals surface area contributed by atoms with Crippen molar-refractivity contribution in [2.24, 2.45) is 11.3 Å². The van der Waals surface area contributed by atoms with Gasteiger partial charge in [-0.3, -0.25) is 9.59 Å². The van der Waals surface area contributed by atoms with E-state index in [-0.39, 0.29) is 36.9 Å². The van der Waals surface area contributed by atoms with Gasteiger partial charge in [-0.05, 0) is 41.0 Å². The molecule has 0 bridgehead atoms. The Hall–Kier alpha value is -0.940. The van der Waals surface area contributed by atoms with E-state index in [2.05, 4.69) is 0 Å². The van der Waals surface area contributed by atoms with E-state index in [9.17, 15) is 9.59 Å². The van der Waals surface area contributed by atoms with Crippen LogP contribution in [0.2, 0.25) is 0 Å². The first-order valence-electron chi connectivity index (χ1n) is 7.64. The summed E-state index contributed by atoms with van der Waals surface area (Å²) in [4.78, 5) is 25.3. The normalized spacial score (nSPS) is 34.7. The molecule has 0 aromatic carbocycles. The van der Waals surface area contributed by atoms with Crippen molar-refractivity contribution in [3.05, 3.63) is 0 Å². The molecule has 0 saturated carbocycles. The number of hydrogen-bond donors (Lipinski definition) is 0. The number of carbonyl (C=O) groups excluding carboxylic acids is 2. The van der Waals surface area contributed by atoms with Crippen LogP contribution in [-0.2, 0) is 23.8 Å². The Morgan fingerprint density at radius 1 is 1.33 bits per heavy atom. The van der Waals surface area contributed by atoms with Crippen molar-refractivity contribution in [3.8, 4) is 0 Å². The van der Waals surface area contributed by atoms with Gasteiger partial charge in [0.2, 0.25) is 0 Å². The fraction of sp³-hybridized carbons (Fsp3) is 0.875. The minimum absolute atomic E-state index is 0.0772. The van der Waals surface area contributed by atoms with Crippen LogP contribution >= 0.6 is 0 Å². The van der Waals surface area contributed by atoms with Gasteiger partial charge < -0.3 is 14.2 Å². The molecule has 0 aliphatic carbocycles. The molecule has 2 fully saturated rings. The number of rotatable bonds is 3. The van der Waals surface area contributed by atoms with Crippen molar-refractivity contribution in [2.45, 2.75) is 58.7 Å². The van der Waals surface area contributed by atoms with E-state index in [1.54, 1.807) is 6.92 Å². The molecule has 2 aliphatic rings. The summed E-state index contributed by atoms with van der Waals surface area (Å²) in [6, 6.07) is 0. The van der Waals surface area contributed by atoms with Crippen molar-refractivity contribution >= 4 is 11.8 Å². The molecule has 0 spiro atoms. The maximum absolute atomic E-state index is 12.7. The lowest BCUT2D eigenvalue weighted by molar-refractivity contribution is -0.181. The van der Waals surface area contributed by atoms with Gasteiger partial charge in [0.1, 0.15) is 0 Å². The van der Waals surface area contributed by atoms with Crippen LogP contribution in [0.5, 0.6) is 0 Å². The highest BCUT2D eigenvalue weighted by atomic mass is 16.5. The van der Waals surface area contributed by atoms with Gasteiger partial charge in [-0.25, -0.2) is 0 Å². The van der Waals surface area contributed by atoms with Gasteiger partial charge in [-0.15, -0.1) is 0 Å². The lowest BCUT2D eigenvalue weighted by Gasteiger charge is -2.42. The summed E-state index contributed by atoms with van der Waals surface area (Å²) in [6.45, 7) is 10.3. The standard InChI is InChI=1S/C16H26O5/c1-6-20-13(18)16(10-19-8-7-12(16)17)11-9-14(2,3)21-15(11,4)5/h11H,6-10H2,1-5H3. The minimum Gasteiger partial charge on any atom is -0.465 e. The number of esters is 1. The van der Waals surface area contributed by atoms with Gasteiger partial charge in [-0.2, -0.15) is 0 Å². The predicted octanol–water partition coefficient (Wildman–Crippen LogP) is 2.12. The van der Waals surface area contributed by atoms with Crippen molar-refractivity contribution in [1.29, 1.82) is 0 Å². The fourth-order valence-electron chi connectivity index (χ4n) is 3.90. The van der Waals surface area contributed by atoms with Gasteiger partial charge in [-0.1, -0.05) is 0 Å². The second-order valence-corrected chi connectivity index (χ2v) is 7.14. The quantitative estimate of drug-likeness (QED) is 0.590. The Bertz CT molecular complexity index is 440. The highest BCUT2D eigenvalue weighted by Gasteiger charge is 2.63. The second kappa shape index (κ2) is 5.36. The number of ketones is 1. The topological polar surface area (TPSA) is 61.8 Å². The fourth-order valence-corrected chi connectivity index (χ4v) is 3.90. The van der Waals surface area contributed by atoms with E-state index in [1.807, 2.05) is 27.7 Å². The first-order chi connectivity index (χ1) is 9.66. The molecule has 0 aromatic heterocycles. The van der Waals surface area contributed by atoms with Crippen LogP contribution in [0.1, 0.15) is 47.5 Å². The average molecular weight is 298 g/mol. The molecule has 120 valence electrons. The van der Waals surface area contributed by atoms with E-state index in [1.165, 1.54) is 0 Å². The zero-order chi connectivity index (χ0) is 15.9. The van der Waals surface area contributed by atoms with Crippen LogP contribution < -0.4 is 0 Å². The Morgan fingerprint density at radius 2 is 2.00 bits per heavy atom. The van der Waals surface area contributed by atoms with Gasteiger partial charge in [0, 0.05) is 12.3 Å². The molecule has 21 heavy (non-hydrogen) atoms. The van der Waals surface area contributed by atoms with Crippen LogP contribution in [0.4, 0.5) is 0 Å². The Morgan fingerprint density at radius 3 is 2.48 bits per heavy atom. The molecule has 2 saturated heterocycles. The van der Waals surface area contributed by atoms with Crippen molar-refractivity contribution in [1.82, 2.24) is 0 Å². The summed E-state index contributed by atoms with van der Waals surface area (Å²) in [5, 5.41) is 0. The van der Waals surface area contributed by atoms with Gasteiger partial charge in [0.15, 0.2) is 11.2 Å². The SMILES string of the molecule is CCOC(=O)C1(C2CC(C)(C)OC2(C)C)COCCC1=O. The maximum Gasteiger partial charge on any atom is 0.322 e. The second-order valence-electron chi connectivity index (χ2n) is 7.14. The number of ether oxygens (including phenoxy) is 3. The molecule has 0 N–H and O–H groups in total. The molecule has 2 rings (SSSR count). The van der Waals surface area contributed by atoms with Gasteiger partial charge in [0.05, 0.1) is 31.0 Å². The number of Topliss-reactive ketones (excluding diaryl/α,β-unsaturated/α-hetero) is 1. The third-order valence-corrected chi connectivity index (χ3v) is 4.61. The summed E-state index contributed by atoms with van der Waals surface area (Å²) in [5.74, 6) is -0.785. The zero-order valence-corrected chi connectivity index (χ0v) is 13.7. The molecule has 5 heteroatoms. The Balaban J connectivity index is 2.45. The van der Waals surface area contributed by atoms with Crippen LogP contribution in [-0.4, -0.2) is 42.8 Å². The molecule has 5 nitrogen and oxygen atoms in total. The van der Waals surface area contributed by atoms with E-state index in [4.69, 9.17) is 14.2 Å². The van der Waals surface area contributed by atoms with Crippen LogP contribution in [0.15, 0.2) is 0 Å². The predicted molar refractivity (Wildman–Crippen MR) is 76.9 cm³/mol. The van der Waals surface area contributed by atoms with E-state index in [0.717, 1.165) is 0 Å². The highest BCUT2D eigenvalue weighted by Crippen LogP contribution is 2.52. The van der Waals surface area contributed by atoms with Gasteiger partial charge >= 0.3 is 5.97 Å². The molecular weight excluding hydrogens is 272 g/mol. The highest BCUT2D eigenvalue weighted by molar-refractivity contribution is 6.05. The van der Waals surface area contributed by atoms with E-state index >= 15 is 0 Å². The molecule has 2 unspecified atom stereocenters. The minimum atomic E-state index is -1.23. The first kappa shape index (κ1) is 16.4. The lowest BCUT2D eigenvalue weighted by atomic mass is 9.63. The van der Waals surface area contributed by atoms with E-state index in [0.29, 0.717) is 13.0 Å². The largest absolute Gasteiger partial charge is 0.465 e. The maximum atomic E-state index is 12.7. The number of hydrogen-bond acceptors (Lipinski definition) is 5. The molecule has 0 aromatic rings. The first-order valence-corrected chi connectivity index (χ1v) is 7.64. The summed E-state index contributed by atoms with van der Waals surface area (Å²) in [7, 11) is 0. The Kier molecular flexibility index (Phi) is 4.19. The summed E-state index contributed by atoms with van der Waals surface area (Å²) in [5.41, 5.74) is -2.18. The van der Waals surface area contributed by atoms with Crippen molar-refractivity contribution in [2.75, 3.05) is 19.8 Å². The summed E-state index contributed by atoms with van der Waals surface area (Å²) in [6.07, 6.45) is 0.889. The third-order valence-electron chi connectivity index (χ3n) is 4.61. The van der Waals surface area contributed by atoms with E-state index < -0.39 is 17.0 Å².